The summed E-state index contributed by atoms with van der Waals surface area (Å²) in [7, 11) is 3.51. The van der Waals surface area contributed by atoms with Crippen LogP contribution in [-0.4, -0.2) is 76.1 Å². The van der Waals surface area contributed by atoms with Crippen molar-refractivity contribution in [1.82, 2.24) is 9.80 Å². The molecule has 0 unspecified atom stereocenters. The van der Waals surface area contributed by atoms with E-state index in [0.717, 1.165) is 58.2 Å². The molecule has 2 saturated heterocycles. The zero-order chi connectivity index (χ0) is 16.1. The van der Waals surface area contributed by atoms with E-state index in [9.17, 15) is 0 Å². The molecule has 0 aromatic heterocycles. The van der Waals surface area contributed by atoms with Gasteiger partial charge in [-0.15, -0.1) is 0 Å². The van der Waals surface area contributed by atoms with Crippen molar-refractivity contribution in [2.24, 2.45) is 5.92 Å². The number of likely N-dealkylation sites (tertiary alicyclic amines) is 1. The highest BCUT2D eigenvalue weighted by Crippen LogP contribution is 2.27. The molecule has 1 aromatic rings. The molecule has 128 valence electrons. The minimum atomic E-state index is 0.359. The van der Waals surface area contributed by atoms with Gasteiger partial charge in [0.2, 0.25) is 0 Å². The van der Waals surface area contributed by atoms with Gasteiger partial charge in [-0.25, -0.2) is 0 Å². The average Bonchev–Trinajstić information content (AvgIpc) is 2.84. The van der Waals surface area contributed by atoms with Crippen molar-refractivity contribution in [2.45, 2.75) is 12.6 Å². The second-order valence-electron chi connectivity index (χ2n) is 6.47. The van der Waals surface area contributed by atoms with Crippen molar-refractivity contribution in [3.63, 3.8) is 0 Å². The van der Waals surface area contributed by atoms with E-state index in [1.165, 1.54) is 5.56 Å². The Labute approximate surface area is 139 Å². The van der Waals surface area contributed by atoms with Crippen LogP contribution in [0.4, 0.5) is 0 Å². The van der Waals surface area contributed by atoms with E-state index in [-0.39, 0.29) is 0 Å². The van der Waals surface area contributed by atoms with Gasteiger partial charge in [-0.1, -0.05) is 18.2 Å². The van der Waals surface area contributed by atoms with Gasteiger partial charge >= 0.3 is 0 Å². The SMILES string of the molecule is COCCN1CCO[C@@H]2CN(Cc3ccccc3OC)C[C@@H]2C1. The Kier molecular flexibility index (Phi) is 5.89. The first kappa shape index (κ1) is 16.7. The van der Waals surface area contributed by atoms with Crippen LogP contribution in [0.1, 0.15) is 5.56 Å². The van der Waals surface area contributed by atoms with Crippen LogP contribution in [0.15, 0.2) is 24.3 Å². The van der Waals surface area contributed by atoms with Gasteiger partial charge in [0, 0.05) is 57.9 Å². The largest absolute Gasteiger partial charge is 0.496 e. The quantitative estimate of drug-likeness (QED) is 0.793. The van der Waals surface area contributed by atoms with Gasteiger partial charge in [-0.2, -0.15) is 0 Å². The van der Waals surface area contributed by atoms with E-state index >= 15 is 0 Å². The molecule has 2 aliphatic rings. The summed E-state index contributed by atoms with van der Waals surface area (Å²) in [6.07, 6.45) is 0.359. The van der Waals surface area contributed by atoms with Gasteiger partial charge in [0.15, 0.2) is 0 Å². The molecule has 0 bridgehead atoms. The smallest absolute Gasteiger partial charge is 0.123 e. The second kappa shape index (κ2) is 8.11. The van der Waals surface area contributed by atoms with Gasteiger partial charge < -0.3 is 14.2 Å². The molecule has 0 aliphatic carbocycles. The third-order valence-corrected chi connectivity index (χ3v) is 4.89. The molecule has 0 amide bonds. The predicted octanol–water partition coefficient (Wildman–Crippen LogP) is 1.47. The molecule has 2 heterocycles. The number of para-hydroxylation sites is 1. The van der Waals surface area contributed by atoms with E-state index in [1.807, 2.05) is 12.1 Å². The van der Waals surface area contributed by atoms with Crippen molar-refractivity contribution in [3.8, 4) is 5.75 Å². The second-order valence-corrected chi connectivity index (χ2v) is 6.47. The van der Waals surface area contributed by atoms with Crippen molar-refractivity contribution in [3.05, 3.63) is 29.8 Å². The highest BCUT2D eigenvalue weighted by atomic mass is 16.5. The van der Waals surface area contributed by atoms with Crippen molar-refractivity contribution < 1.29 is 14.2 Å². The number of hydrogen-bond acceptors (Lipinski definition) is 5. The van der Waals surface area contributed by atoms with E-state index < -0.39 is 0 Å². The number of nitrogens with zero attached hydrogens (tertiary/aromatic N) is 2. The molecule has 2 aliphatic heterocycles. The molecule has 2 atom stereocenters. The summed E-state index contributed by atoms with van der Waals surface area (Å²) >= 11 is 0. The maximum Gasteiger partial charge on any atom is 0.123 e. The van der Waals surface area contributed by atoms with Crippen LogP contribution < -0.4 is 4.74 Å². The minimum Gasteiger partial charge on any atom is -0.496 e. The fourth-order valence-electron chi connectivity index (χ4n) is 3.67. The third-order valence-electron chi connectivity index (χ3n) is 4.89. The molecule has 3 rings (SSSR count). The van der Waals surface area contributed by atoms with E-state index in [4.69, 9.17) is 14.2 Å². The molecular formula is C18H28N2O3. The lowest BCUT2D eigenvalue weighted by atomic mass is 10.1. The van der Waals surface area contributed by atoms with Crippen molar-refractivity contribution >= 4 is 0 Å². The van der Waals surface area contributed by atoms with Crippen LogP contribution in [0.25, 0.3) is 0 Å². The Morgan fingerprint density at radius 3 is 2.78 bits per heavy atom. The predicted molar refractivity (Wildman–Crippen MR) is 89.8 cm³/mol. The maximum atomic E-state index is 6.11. The zero-order valence-electron chi connectivity index (χ0n) is 14.2. The summed E-state index contributed by atoms with van der Waals surface area (Å²) in [5.74, 6) is 1.56. The van der Waals surface area contributed by atoms with Gasteiger partial charge in [0.05, 0.1) is 26.4 Å². The fourth-order valence-corrected chi connectivity index (χ4v) is 3.67. The lowest BCUT2D eigenvalue weighted by molar-refractivity contribution is 0.0506. The van der Waals surface area contributed by atoms with Crippen LogP contribution in [0, 0.1) is 5.92 Å². The number of rotatable bonds is 6. The number of benzene rings is 1. The summed E-state index contributed by atoms with van der Waals surface area (Å²) in [5, 5.41) is 0. The van der Waals surface area contributed by atoms with Crippen LogP contribution in [0.5, 0.6) is 5.75 Å². The van der Waals surface area contributed by atoms with Gasteiger partial charge in [-0.05, 0) is 6.07 Å². The van der Waals surface area contributed by atoms with Gasteiger partial charge in [0.1, 0.15) is 5.75 Å². The summed E-state index contributed by atoms with van der Waals surface area (Å²) < 4.78 is 16.8. The summed E-state index contributed by atoms with van der Waals surface area (Å²) in [4.78, 5) is 4.97. The maximum absolute atomic E-state index is 6.11. The number of methoxy groups -OCH3 is 2. The molecular weight excluding hydrogens is 292 g/mol. The lowest BCUT2D eigenvalue weighted by Gasteiger charge is -2.23. The van der Waals surface area contributed by atoms with Crippen LogP contribution in [0.3, 0.4) is 0 Å². The van der Waals surface area contributed by atoms with Crippen molar-refractivity contribution in [1.29, 1.82) is 0 Å². The number of ether oxygens (including phenoxy) is 3. The van der Waals surface area contributed by atoms with E-state index in [2.05, 4.69) is 21.9 Å². The Balaban J connectivity index is 1.59. The normalized spacial score (nSPS) is 26.0. The first-order chi connectivity index (χ1) is 11.3. The molecule has 23 heavy (non-hydrogen) atoms. The molecule has 0 N–H and O–H groups in total. The molecule has 1 aromatic carbocycles. The van der Waals surface area contributed by atoms with Crippen LogP contribution >= 0.6 is 0 Å². The molecule has 2 fully saturated rings. The summed E-state index contributed by atoms with van der Waals surface area (Å²) in [5.41, 5.74) is 1.25. The van der Waals surface area contributed by atoms with E-state index in [1.54, 1.807) is 14.2 Å². The molecule has 0 saturated carbocycles. The fraction of sp³-hybridized carbons (Fsp3) is 0.667. The Bertz CT molecular complexity index is 495. The minimum absolute atomic E-state index is 0.359. The summed E-state index contributed by atoms with van der Waals surface area (Å²) in [6.45, 7) is 7.77. The number of hydrogen-bond donors (Lipinski definition) is 0. The molecule has 5 heteroatoms. The topological polar surface area (TPSA) is 34.2 Å². The monoisotopic (exact) mass is 320 g/mol. The standard InChI is InChI=1S/C18H28N2O3/c1-21-9-7-19-8-10-23-18-14-20(13-16(18)12-19)11-15-5-3-4-6-17(15)22-2/h3-6,16,18H,7-14H2,1-2H3/t16-,18+/m0/s1. The van der Waals surface area contributed by atoms with Crippen LogP contribution in [-0.2, 0) is 16.0 Å². The zero-order valence-corrected chi connectivity index (χ0v) is 14.2. The summed E-state index contributed by atoms with van der Waals surface area (Å²) in [6, 6.07) is 8.29. The van der Waals surface area contributed by atoms with Crippen LogP contribution in [0.2, 0.25) is 0 Å². The highest BCUT2D eigenvalue weighted by Gasteiger charge is 2.36. The van der Waals surface area contributed by atoms with Crippen molar-refractivity contribution in [2.75, 3.05) is 60.2 Å². The van der Waals surface area contributed by atoms with Gasteiger partial charge in [-0.3, -0.25) is 9.80 Å². The van der Waals surface area contributed by atoms with E-state index in [0.29, 0.717) is 12.0 Å². The Morgan fingerprint density at radius 1 is 1.13 bits per heavy atom. The Morgan fingerprint density at radius 2 is 1.96 bits per heavy atom. The first-order valence-corrected chi connectivity index (χ1v) is 8.47. The molecule has 0 spiro atoms. The highest BCUT2D eigenvalue weighted by molar-refractivity contribution is 5.33. The Hall–Kier alpha value is -1.14. The first-order valence-electron chi connectivity index (χ1n) is 8.47. The average molecular weight is 320 g/mol. The third kappa shape index (κ3) is 4.23. The van der Waals surface area contributed by atoms with Gasteiger partial charge in [0.25, 0.3) is 0 Å². The molecule has 5 nitrogen and oxygen atoms in total. The molecule has 0 radical (unpaired) electrons. The number of fused-ring (bicyclic) bond motifs is 1. The lowest BCUT2D eigenvalue weighted by Crippen LogP contribution is -2.34.